The summed E-state index contributed by atoms with van der Waals surface area (Å²) in [6.45, 7) is 9.41. The maximum Gasteiger partial charge on any atom is 0.128 e. The highest BCUT2D eigenvalue weighted by Crippen LogP contribution is 2.36. The molecule has 2 aromatic carbocycles. The van der Waals surface area contributed by atoms with Crippen molar-refractivity contribution >= 4 is 0 Å². The summed E-state index contributed by atoms with van der Waals surface area (Å²) in [6.07, 6.45) is 1.67. The van der Waals surface area contributed by atoms with Gasteiger partial charge in [0.1, 0.15) is 23.0 Å². The monoisotopic (exact) mass is 430 g/mol. The van der Waals surface area contributed by atoms with E-state index in [9.17, 15) is 0 Å². The van der Waals surface area contributed by atoms with Gasteiger partial charge in [-0.2, -0.15) is 0 Å². The fourth-order valence-electron chi connectivity index (χ4n) is 4.11. The Morgan fingerprint density at radius 2 is 1.13 bits per heavy atom. The van der Waals surface area contributed by atoms with Gasteiger partial charge in [-0.15, -0.1) is 0 Å². The molecule has 0 aliphatic heterocycles. The van der Waals surface area contributed by atoms with Gasteiger partial charge in [0.2, 0.25) is 0 Å². The maximum atomic E-state index is 6.55. The van der Waals surface area contributed by atoms with Crippen LogP contribution in [0.3, 0.4) is 0 Å². The Morgan fingerprint density at radius 1 is 0.710 bits per heavy atom. The lowest BCUT2D eigenvalue weighted by molar-refractivity contribution is -0.00671. The minimum Gasteiger partial charge on any atom is -0.496 e. The van der Waals surface area contributed by atoms with Crippen molar-refractivity contribution in [3.05, 3.63) is 47.5 Å². The highest BCUT2D eigenvalue weighted by Gasteiger charge is 2.27. The van der Waals surface area contributed by atoms with E-state index < -0.39 is 0 Å². The molecule has 0 radical (unpaired) electrons. The summed E-state index contributed by atoms with van der Waals surface area (Å²) in [6, 6.07) is 11.6. The highest BCUT2D eigenvalue weighted by molar-refractivity contribution is 5.46. The molecule has 2 rings (SSSR count). The van der Waals surface area contributed by atoms with Crippen LogP contribution in [0.5, 0.6) is 23.0 Å². The van der Waals surface area contributed by atoms with E-state index in [0.717, 1.165) is 40.5 Å². The van der Waals surface area contributed by atoms with Crippen molar-refractivity contribution in [2.24, 2.45) is 11.3 Å². The molecule has 0 saturated carbocycles. The molecule has 0 N–H and O–H groups in total. The number of hydrogen-bond donors (Lipinski definition) is 0. The van der Waals surface area contributed by atoms with Gasteiger partial charge < -0.3 is 23.7 Å². The maximum absolute atomic E-state index is 6.55. The second kappa shape index (κ2) is 11.3. The molecule has 0 fully saturated rings. The van der Waals surface area contributed by atoms with Crippen molar-refractivity contribution in [3.63, 3.8) is 0 Å². The highest BCUT2D eigenvalue weighted by atomic mass is 16.5. The van der Waals surface area contributed by atoms with E-state index in [4.69, 9.17) is 23.7 Å². The average molecular weight is 431 g/mol. The lowest BCUT2D eigenvalue weighted by Gasteiger charge is -2.31. The molecule has 0 aromatic heterocycles. The fourth-order valence-corrected chi connectivity index (χ4v) is 4.11. The van der Waals surface area contributed by atoms with Gasteiger partial charge >= 0.3 is 0 Å². The van der Waals surface area contributed by atoms with Crippen LogP contribution in [0, 0.1) is 11.3 Å². The molecule has 0 saturated heterocycles. The average Bonchev–Trinajstić information content (AvgIpc) is 2.74. The molecule has 172 valence electrons. The van der Waals surface area contributed by atoms with Gasteiger partial charge in [-0.3, -0.25) is 0 Å². The Balaban J connectivity index is 2.35. The summed E-state index contributed by atoms with van der Waals surface area (Å²) in [5.74, 6) is 3.46. The molecule has 5 heteroatoms. The topological polar surface area (TPSA) is 46.2 Å². The summed E-state index contributed by atoms with van der Waals surface area (Å²) in [7, 11) is 6.70. The first kappa shape index (κ1) is 24.9. The molecule has 2 unspecified atom stereocenters. The minimum atomic E-state index is -0.0426. The zero-order valence-electron chi connectivity index (χ0n) is 20.3. The molecular weight excluding hydrogens is 392 g/mol. The van der Waals surface area contributed by atoms with E-state index in [1.807, 2.05) is 36.4 Å². The first-order valence-electron chi connectivity index (χ1n) is 10.7. The van der Waals surface area contributed by atoms with Gasteiger partial charge in [0, 0.05) is 12.0 Å². The molecule has 0 aliphatic carbocycles. The Kier molecular flexibility index (Phi) is 9.05. The van der Waals surface area contributed by atoms with Crippen LogP contribution in [0.1, 0.15) is 45.2 Å². The first-order chi connectivity index (χ1) is 14.7. The van der Waals surface area contributed by atoms with E-state index in [-0.39, 0.29) is 11.5 Å². The lowest BCUT2D eigenvalue weighted by atomic mass is 9.81. The molecule has 31 heavy (non-hydrogen) atoms. The quantitative estimate of drug-likeness (QED) is 0.443. The van der Waals surface area contributed by atoms with Gasteiger partial charge in [-0.1, -0.05) is 39.8 Å². The van der Waals surface area contributed by atoms with E-state index in [1.54, 1.807) is 28.4 Å². The van der Waals surface area contributed by atoms with E-state index in [0.29, 0.717) is 18.9 Å². The molecule has 2 aromatic rings. The summed E-state index contributed by atoms with van der Waals surface area (Å²) in [4.78, 5) is 0. The van der Waals surface area contributed by atoms with Gasteiger partial charge in [0.05, 0.1) is 46.7 Å². The predicted octanol–water partition coefficient (Wildman–Crippen LogP) is 5.92. The SMILES string of the molecule is COc1cccc(OC)c1COC(Cc1c(OC)cccc1OC)C(C)CC(C)(C)C. The van der Waals surface area contributed by atoms with Gasteiger partial charge in [0.15, 0.2) is 0 Å². The number of ether oxygens (including phenoxy) is 5. The second-order valence-electron chi connectivity index (χ2n) is 9.08. The predicted molar refractivity (Wildman–Crippen MR) is 125 cm³/mol. The van der Waals surface area contributed by atoms with Crippen LogP contribution in [-0.4, -0.2) is 34.5 Å². The third-order valence-corrected chi connectivity index (χ3v) is 5.48. The molecule has 0 aliphatic rings. The minimum absolute atomic E-state index is 0.0426. The fraction of sp³-hybridized carbons (Fsp3) is 0.538. The molecule has 2 atom stereocenters. The summed E-state index contributed by atoms with van der Waals surface area (Å²) in [5, 5.41) is 0. The van der Waals surface area contributed by atoms with Gasteiger partial charge in [-0.25, -0.2) is 0 Å². The lowest BCUT2D eigenvalue weighted by Crippen LogP contribution is -2.28. The second-order valence-corrected chi connectivity index (χ2v) is 9.08. The van der Waals surface area contributed by atoms with Crippen LogP contribution in [0.2, 0.25) is 0 Å². The smallest absolute Gasteiger partial charge is 0.128 e. The molecule has 0 spiro atoms. The summed E-state index contributed by atoms with van der Waals surface area (Å²) < 4.78 is 28.9. The van der Waals surface area contributed by atoms with Crippen LogP contribution in [0.15, 0.2) is 36.4 Å². The zero-order valence-corrected chi connectivity index (χ0v) is 20.3. The van der Waals surface area contributed by atoms with Crippen molar-refractivity contribution in [3.8, 4) is 23.0 Å². The Labute approximate surface area is 187 Å². The first-order valence-corrected chi connectivity index (χ1v) is 10.7. The largest absolute Gasteiger partial charge is 0.496 e. The summed E-state index contributed by atoms with van der Waals surface area (Å²) >= 11 is 0. The number of methoxy groups -OCH3 is 4. The Morgan fingerprint density at radius 3 is 1.52 bits per heavy atom. The number of rotatable bonds is 11. The van der Waals surface area contributed by atoms with Crippen LogP contribution < -0.4 is 18.9 Å². The van der Waals surface area contributed by atoms with Crippen LogP contribution in [0.4, 0.5) is 0 Å². The van der Waals surface area contributed by atoms with E-state index in [1.165, 1.54) is 0 Å². The standard InChI is InChI=1S/C26H38O5/c1-18(16-26(2,3)4)25(15-19-21(27-5)11-9-12-22(19)28-6)31-17-20-23(29-7)13-10-14-24(20)30-8/h9-14,18,25H,15-17H2,1-8H3. The van der Waals surface area contributed by atoms with Crippen LogP contribution in [0.25, 0.3) is 0 Å². The molecule has 0 bridgehead atoms. The zero-order chi connectivity index (χ0) is 23.0. The normalized spacial score (nSPS) is 13.4. The van der Waals surface area contributed by atoms with Crippen LogP contribution in [-0.2, 0) is 17.8 Å². The third kappa shape index (κ3) is 6.79. The van der Waals surface area contributed by atoms with Crippen molar-refractivity contribution in [1.82, 2.24) is 0 Å². The van der Waals surface area contributed by atoms with Crippen molar-refractivity contribution in [2.75, 3.05) is 28.4 Å². The van der Waals surface area contributed by atoms with Gasteiger partial charge in [0.25, 0.3) is 0 Å². The van der Waals surface area contributed by atoms with Gasteiger partial charge in [-0.05, 0) is 42.0 Å². The van der Waals surface area contributed by atoms with Crippen molar-refractivity contribution < 1.29 is 23.7 Å². The molecule has 5 nitrogen and oxygen atoms in total. The number of hydrogen-bond acceptors (Lipinski definition) is 5. The van der Waals surface area contributed by atoms with E-state index >= 15 is 0 Å². The Bertz CT molecular complexity index is 781. The molecule has 0 heterocycles. The Hall–Kier alpha value is -2.40. The summed E-state index contributed by atoms with van der Waals surface area (Å²) in [5.41, 5.74) is 2.12. The molecule has 0 amide bonds. The number of benzene rings is 2. The van der Waals surface area contributed by atoms with Crippen molar-refractivity contribution in [1.29, 1.82) is 0 Å². The molecular formula is C26H38O5. The van der Waals surface area contributed by atoms with E-state index in [2.05, 4.69) is 27.7 Å². The van der Waals surface area contributed by atoms with Crippen molar-refractivity contribution in [2.45, 2.75) is 53.2 Å². The third-order valence-electron chi connectivity index (χ3n) is 5.48. The van der Waals surface area contributed by atoms with Crippen LogP contribution >= 0.6 is 0 Å².